The van der Waals surface area contributed by atoms with Crippen molar-refractivity contribution in [2.24, 2.45) is 21.6 Å². The minimum atomic E-state index is -1.54. The predicted octanol–water partition coefficient (Wildman–Crippen LogP) is 2.21. The summed E-state index contributed by atoms with van der Waals surface area (Å²) < 4.78 is 11.6. The molecular weight excluding hydrogens is 304 g/mol. The number of amidine groups is 1. The van der Waals surface area contributed by atoms with Gasteiger partial charge in [0.25, 0.3) is 5.91 Å². The van der Waals surface area contributed by atoms with E-state index in [9.17, 15) is 10.5 Å². The van der Waals surface area contributed by atoms with Crippen molar-refractivity contribution >= 4 is 5.84 Å². The van der Waals surface area contributed by atoms with Crippen molar-refractivity contribution in [1.29, 1.82) is 10.5 Å². The van der Waals surface area contributed by atoms with Crippen LogP contribution in [0.4, 0.5) is 0 Å². The summed E-state index contributed by atoms with van der Waals surface area (Å²) in [6.07, 6.45) is 0. The second-order valence-corrected chi connectivity index (χ2v) is 6.07. The molecule has 0 amide bonds. The molecule has 1 heterocycles. The Morgan fingerprint density at radius 1 is 1.17 bits per heavy atom. The van der Waals surface area contributed by atoms with Crippen molar-refractivity contribution in [3.05, 3.63) is 35.4 Å². The molecule has 24 heavy (non-hydrogen) atoms. The summed E-state index contributed by atoms with van der Waals surface area (Å²) in [7, 11) is 0. The number of nitrogens with zero attached hydrogens (tertiary/aromatic N) is 3. The van der Waals surface area contributed by atoms with Crippen LogP contribution in [0.15, 0.2) is 29.3 Å². The number of nitrogens with two attached hydrogens (primary N) is 1. The first kappa shape index (κ1) is 16.4. The van der Waals surface area contributed by atoms with E-state index in [1.165, 1.54) is 0 Å². The van der Waals surface area contributed by atoms with Gasteiger partial charge < -0.3 is 15.2 Å². The lowest BCUT2D eigenvalue weighted by molar-refractivity contribution is -0.255. The summed E-state index contributed by atoms with van der Waals surface area (Å²) in [5, 5.41) is 20.1. The van der Waals surface area contributed by atoms with Crippen molar-refractivity contribution in [3.8, 4) is 12.1 Å². The fourth-order valence-corrected chi connectivity index (χ4v) is 4.13. The quantitative estimate of drug-likeness (QED) is 0.836. The third-order valence-corrected chi connectivity index (χ3v) is 5.11. The van der Waals surface area contributed by atoms with Crippen LogP contribution in [0.2, 0.25) is 0 Å². The van der Waals surface area contributed by atoms with E-state index in [4.69, 9.17) is 15.2 Å². The molecule has 2 aliphatic rings. The van der Waals surface area contributed by atoms with Crippen LogP contribution in [0.1, 0.15) is 30.9 Å². The normalized spacial score (nSPS) is 32.4. The number of benzene rings is 1. The van der Waals surface area contributed by atoms with Gasteiger partial charge in [0.1, 0.15) is 11.3 Å². The maximum Gasteiger partial charge on any atom is 0.293 e. The zero-order valence-electron chi connectivity index (χ0n) is 14.0. The molecule has 124 valence electrons. The highest BCUT2D eigenvalue weighted by Crippen LogP contribution is 2.82. The van der Waals surface area contributed by atoms with Crippen molar-refractivity contribution in [1.82, 2.24) is 0 Å². The van der Waals surface area contributed by atoms with Gasteiger partial charge in [0.05, 0.1) is 12.1 Å². The van der Waals surface area contributed by atoms with Crippen LogP contribution in [0.25, 0.3) is 0 Å². The number of nitriles is 2. The molecule has 0 saturated heterocycles. The lowest BCUT2D eigenvalue weighted by atomic mass is 9.93. The minimum Gasteiger partial charge on any atom is -0.386 e. The summed E-state index contributed by atoms with van der Waals surface area (Å²) in [4.78, 5) is 4.33. The fourth-order valence-electron chi connectivity index (χ4n) is 4.13. The van der Waals surface area contributed by atoms with Crippen LogP contribution in [-0.2, 0) is 9.47 Å². The first-order valence-electron chi connectivity index (χ1n) is 8.03. The number of fused-ring (bicyclic) bond motifs is 1. The second kappa shape index (κ2) is 5.31. The summed E-state index contributed by atoms with van der Waals surface area (Å²) in [5.74, 6) is -1.86. The Morgan fingerprint density at radius 3 is 2.29 bits per heavy atom. The Labute approximate surface area is 141 Å². The van der Waals surface area contributed by atoms with Gasteiger partial charge >= 0.3 is 0 Å². The van der Waals surface area contributed by atoms with E-state index in [2.05, 4.69) is 17.1 Å². The average Bonchev–Trinajstić information content (AvgIpc) is 3.14. The summed E-state index contributed by atoms with van der Waals surface area (Å²) in [6, 6.07) is 12.3. The number of ether oxygens (including phenoxy) is 2. The van der Waals surface area contributed by atoms with Gasteiger partial charge in [-0.15, -0.1) is 0 Å². The van der Waals surface area contributed by atoms with E-state index in [1.54, 1.807) is 13.8 Å². The van der Waals surface area contributed by atoms with Crippen LogP contribution in [-0.4, -0.2) is 25.0 Å². The van der Waals surface area contributed by atoms with E-state index < -0.39 is 22.7 Å². The third kappa shape index (κ3) is 1.57. The molecule has 1 fully saturated rings. The zero-order chi connectivity index (χ0) is 17.6. The predicted molar refractivity (Wildman–Crippen MR) is 87.6 cm³/mol. The lowest BCUT2D eigenvalue weighted by Crippen LogP contribution is -2.43. The largest absolute Gasteiger partial charge is 0.386 e. The Kier molecular flexibility index (Phi) is 3.64. The molecule has 0 unspecified atom stereocenters. The molecule has 1 aromatic carbocycles. The molecule has 3 atom stereocenters. The molecule has 1 aliphatic carbocycles. The van der Waals surface area contributed by atoms with Crippen LogP contribution < -0.4 is 5.73 Å². The molecule has 1 aliphatic heterocycles. The highest BCUT2D eigenvalue weighted by Gasteiger charge is 2.93. The molecular formula is C18H20N4O2. The maximum atomic E-state index is 10.1. The van der Waals surface area contributed by atoms with Gasteiger partial charge in [-0.25, -0.2) is 4.99 Å². The SMILES string of the molecule is CCOC1(OCC)N=C(N)[C@]2(C#N)[C@@H](c3ccccc3C)[C@]12C#N. The fraction of sp³-hybridized carbons (Fsp3) is 0.500. The van der Waals surface area contributed by atoms with Crippen LogP contribution >= 0.6 is 0 Å². The molecule has 1 aromatic rings. The summed E-state index contributed by atoms with van der Waals surface area (Å²) in [5.41, 5.74) is 5.55. The highest BCUT2D eigenvalue weighted by molar-refractivity contribution is 6.00. The lowest BCUT2D eigenvalue weighted by Gasteiger charge is -2.31. The molecule has 6 nitrogen and oxygen atoms in total. The minimum absolute atomic E-state index is 0.113. The molecule has 0 bridgehead atoms. The van der Waals surface area contributed by atoms with Gasteiger partial charge in [0.15, 0.2) is 5.41 Å². The number of hydrogen-bond acceptors (Lipinski definition) is 6. The van der Waals surface area contributed by atoms with Gasteiger partial charge in [-0.1, -0.05) is 24.3 Å². The number of aryl methyl sites for hydroxylation is 1. The molecule has 1 saturated carbocycles. The molecule has 0 radical (unpaired) electrons. The Bertz CT molecular complexity index is 785. The van der Waals surface area contributed by atoms with Gasteiger partial charge in [0.2, 0.25) is 0 Å². The van der Waals surface area contributed by atoms with Gasteiger partial charge in [-0.05, 0) is 31.9 Å². The topological polar surface area (TPSA) is 104 Å². The van der Waals surface area contributed by atoms with Crippen molar-refractivity contribution < 1.29 is 9.47 Å². The van der Waals surface area contributed by atoms with Crippen molar-refractivity contribution in [2.45, 2.75) is 32.6 Å². The van der Waals surface area contributed by atoms with Crippen LogP contribution in [0.3, 0.4) is 0 Å². The molecule has 2 N–H and O–H groups in total. The number of hydrogen-bond donors (Lipinski definition) is 1. The third-order valence-electron chi connectivity index (χ3n) is 5.11. The summed E-state index contributed by atoms with van der Waals surface area (Å²) >= 11 is 0. The van der Waals surface area contributed by atoms with E-state index in [0.29, 0.717) is 13.2 Å². The molecule has 3 rings (SSSR count). The number of aliphatic imine (C=N–C) groups is 1. The van der Waals surface area contributed by atoms with E-state index in [-0.39, 0.29) is 5.84 Å². The van der Waals surface area contributed by atoms with Gasteiger partial charge in [-0.2, -0.15) is 10.5 Å². The maximum absolute atomic E-state index is 10.1. The first-order valence-corrected chi connectivity index (χ1v) is 8.03. The average molecular weight is 324 g/mol. The van der Waals surface area contributed by atoms with E-state index >= 15 is 0 Å². The summed E-state index contributed by atoms with van der Waals surface area (Å²) in [6.45, 7) is 6.14. The standard InChI is InChI=1S/C18H20N4O2/c1-4-23-18(24-5-2)17(11-20)14(13-9-7-6-8-12(13)3)16(17,10-19)15(21)22-18/h6-9,14H,4-5H2,1-3H3,(H2,21,22)/t14-,16+,17+/m1/s1. The van der Waals surface area contributed by atoms with Gasteiger partial charge in [0, 0.05) is 19.1 Å². The van der Waals surface area contributed by atoms with Crippen molar-refractivity contribution in [2.75, 3.05) is 13.2 Å². The smallest absolute Gasteiger partial charge is 0.293 e. The van der Waals surface area contributed by atoms with E-state index in [1.807, 2.05) is 31.2 Å². The Balaban J connectivity index is 2.25. The molecule has 6 heteroatoms. The monoisotopic (exact) mass is 324 g/mol. The molecule has 0 aromatic heterocycles. The van der Waals surface area contributed by atoms with Crippen LogP contribution in [0.5, 0.6) is 0 Å². The second-order valence-electron chi connectivity index (χ2n) is 6.07. The van der Waals surface area contributed by atoms with Crippen molar-refractivity contribution in [3.63, 3.8) is 0 Å². The van der Waals surface area contributed by atoms with Crippen LogP contribution in [0, 0.1) is 40.4 Å². The Hall–Kier alpha value is -2.41. The Morgan fingerprint density at radius 2 is 1.79 bits per heavy atom. The van der Waals surface area contributed by atoms with Gasteiger partial charge in [-0.3, -0.25) is 0 Å². The highest BCUT2D eigenvalue weighted by atomic mass is 16.7. The first-order chi connectivity index (χ1) is 11.5. The van der Waals surface area contributed by atoms with E-state index in [0.717, 1.165) is 11.1 Å². The number of rotatable bonds is 5. The zero-order valence-corrected chi connectivity index (χ0v) is 14.0. The molecule has 0 spiro atoms.